The molecule has 0 saturated carbocycles. The number of benzene rings is 2. The number of thiazole rings is 1. The van der Waals surface area contributed by atoms with Crippen LogP contribution in [0.15, 0.2) is 83.3 Å². The van der Waals surface area contributed by atoms with Gasteiger partial charge in [0.2, 0.25) is 11.0 Å². The molecular formula is C22H15F3N4OS. The van der Waals surface area contributed by atoms with Crippen LogP contribution in [0.25, 0.3) is 11.3 Å². The molecule has 0 aliphatic carbocycles. The third kappa shape index (κ3) is 5.46. The van der Waals surface area contributed by atoms with E-state index < -0.39 is 11.9 Å². The average Bonchev–Trinajstić information content (AvgIpc) is 3.24. The Labute approximate surface area is 179 Å². The summed E-state index contributed by atoms with van der Waals surface area (Å²) in [6.07, 6.45) is -2.91. The molecule has 0 fully saturated rings. The Morgan fingerprint density at radius 3 is 2.42 bits per heavy atom. The number of alkyl halides is 3. The predicted octanol–water partition coefficient (Wildman–Crippen LogP) is 6.46. The van der Waals surface area contributed by atoms with Crippen molar-refractivity contribution in [3.05, 3.63) is 89.4 Å². The van der Waals surface area contributed by atoms with Crippen molar-refractivity contribution < 1.29 is 17.9 Å². The normalized spacial score (nSPS) is 11.6. The van der Waals surface area contributed by atoms with E-state index in [0.717, 1.165) is 22.9 Å². The first-order chi connectivity index (χ1) is 15.0. The number of hydrogen-bond acceptors (Lipinski definition) is 6. The zero-order chi connectivity index (χ0) is 21.7. The van der Waals surface area contributed by atoms with Gasteiger partial charge in [0.25, 0.3) is 0 Å². The molecule has 5 nitrogen and oxygen atoms in total. The Morgan fingerprint density at radius 1 is 0.903 bits per heavy atom. The van der Waals surface area contributed by atoms with Gasteiger partial charge in [-0.15, -0.1) is 11.3 Å². The molecule has 0 saturated heterocycles. The summed E-state index contributed by atoms with van der Waals surface area (Å²) >= 11 is 1.44. The van der Waals surface area contributed by atoms with E-state index in [9.17, 15) is 13.2 Å². The highest BCUT2D eigenvalue weighted by Crippen LogP contribution is 2.30. The number of anilines is 1. The molecule has 0 unspecified atom stereocenters. The van der Waals surface area contributed by atoms with E-state index in [0.29, 0.717) is 10.9 Å². The summed E-state index contributed by atoms with van der Waals surface area (Å²) < 4.78 is 43.6. The number of halogens is 3. The van der Waals surface area contributed by atoms with Crippen LogP contribution in [0.3, 0.4) is 0 Å². The second-order valence-corrected chi connectivity index (χ2v) is 7.16. The summed E-state index contributed by atoms with van der Waals surface area (Å²) in [5.74, 6) is 0.236. The quantitative estimate of drug-likeness (QED) is 0.276. The number of aromatic nitrogens is 2. The topological polar surface area (TPSA) is 59.4 Å². The fraction of sp³-hybridized carbons (Fsp3) is 0.0455. The predicted molar refractivity (Wildman–Crippen MR) is 115 cm³/mol. The van der Waals surface area contributed by atoms with Crippen molar-refractivity contribution in [2.45, 2.75) is 6.18 Å². The second-order valence-electron chi connectivity index (χ2n) is 6.30. The van der Waals surface area contributed by atoms with Gasteiger partial charge in [-0.1, -0.05) is 36.4 Å². The summed E-state index contributed by atoms with van der Waals surface area (Å²) in [5, 5.41) is 6.77. The maximum Gasteiger partial charge on any atom is 0.433 e. The molecule has 9 heteroatoms. The van der Waals surface area contributed by atoms with Crippen LogP contribution in [0.1, 0.15) is 11.3 Å². The van der Waals surface area contributed by atoms with Crippen LogP contribution in [-0.4, -0.2) is 16.2 Å². The molecule has 0 aliphatic rings. The minimum Gasteiger partial charge on any atom is -0.439 e. The fourth-order valence-electron chi connectivity index (χ4n) is 2.60. The molecule has 0 amide bonds. The van der Waals surface area contributed by atoms with Gasteiger partial charge in [0.15, 0.2) is 0 Å². The van der Waals surface area contributed by atoms with Gasteiger partial charge in [0, 0.05) is 17.0 Å². The first-order valence-corrected chi connectivity index (χ1v) is 9.97. The summed E-state index contributed by atoms with van der Waals surface area (Å²) in [5.41, 5.74) is 4.56. The first-order valence-electron chi connectivity index (χ1n) is 9.09. The third-order valence-corrected chi connectivity index (χ3v) is 4.81. The molecule has 0 atom stereocenters. The number of nitrogens with one attached hydrogen (secondary N) is 1. The molecule has 0 spiro atoms. The first kappa shape index (κ1) is 20.5. The van der Waals surface area contributed by atoms with Crippen molar-refractivity contribution >= 4 is 22.7 Å². The van der Waals surface area contributed by atoms with Crippen LogP contribution in [-0.2, 0) is 6.18 Å². The molecule has 31 heavy (non-hydrogen) atoms. The maximum absolute atomic E-state index is 12.7. The average molecular weight is 440 g/mol. The molecule has 2 aromatic heterocycles. The highest BCUT2D eigenvalue weighted by Gasteiger charge is 2.32. The van der Waals surface area contributed by atoms with Gasteiger partial charge in [-0.25, -0.2) is 9.97 Å². The number of hydrazone groups is 1. The Bertz CT molecular complexity index is 1180. The van der Waals surface area contributed by atoms with Crippen LogP contribution in [0.5, 0.6) is 11.6 Å². The van der Waals surface area contributed by atoms with Gasteiger partial charge < -0.3 is 4.74 Å². The molecule has 0 aliphatic heterocycles. The van der Waals surface area contributed by atoms with Crippen LogP contribution >= 0.6 is 11.3 Å². The van der Waals surface area contributed by atoms with E-state index in [1.807, 2.05) is 35.7 Å². The van der Waals surface area contributed by atoms with Crippen LogP contribution in [0.2, 0.25) is 0 Å². The highest BCUT2D eigenvalue weighted by atomic mass is 32.1. The summed E-state index contributed by atoms with van der Waals surface area (Å²) in [7, 11) is 0. The highest BCUT2D eigenvalue weighted by molar-refractivity contribution is 7.14. The second kappa shape index (κ2) is 8.97. The zero-order valence-corrected chi connectivity index (χ0v) is 16.7. The SMILES string of the molecule is FC(F)(F)c1cccc(Oc2ccc(C=NNc3nc(-c4ccccc4)cs3)cc2)n1. The molecule has 2 heterocycles. The van der Waals surface area contributed by atoms with Crippen LogP contribution in [0.4, 0.5) is 18.3 Å². The third-order valence-electron chi connectivity index (χ3n) is 4.06. The summed E-state index contributed by atoms with van der Waals surface area (Å²) in [6, 6.07) is 20.0. The van der Waals surface area contributed by atoms with E-state index in [1.54, 1.807) is 30.5 Å². The van der Waals surface area contributed by atoms with Gasteiger partial charge in [-0.05, 0) is 35.9 Å². The van der Waals surface area contributed by atoms with Gasteiger partial charge in [-0.2, -0.15) is 18.3 Å². The largest absolute Gasteiger partial charge is 0.439 e. The Balaban J connectivity index is 1.36. The Morgan fingerprint density at radius 2 is 1.68 bits per heavy atom. The maximum atomic E-state index is 12.7. The molecule has 4 aromatic rings. The summed E-state index contributed by atoms with van der Waals surface area (Å²) in [6.45, 7) is 0. The molecular weight excluding hydrogens is 425 g/mol. The number of rotatable bonds is 6. The van der Waals surface area contributed by atoms with Crippen molar-refractivity contribution in [3.8, 4) is 22.9 Å². The van der Waals surface area contributed by atoms with E-state index in [-0.39, 0.29) is 5.88 Å². The van der Waals surface area contributed by atoms with Gasteiger partial charge >= 0.3 is 6.18 Å². The number of nitrogens with zero attached hydrogens (tertiary/aromatic N) is 3. The fourth-order valence-corrected chi connectivity index (χ4v) is 3.27. The Hall–Kier alpha value is -3.72. The smallest absolute Gasteiger partial charge is 0.433 e. The zero-order valence-electron chi connectivity index (χ0n) is 15.9. The lowest BCUT2D eigenvalue weighted by atomic mass is 10.2. The monoisotopic (exact) mass is 440 g/mol. The Kier molecular flexibility index (Phi) is 5.94. The number of hydrogen-bond donors (Lipinski definition) is 1. The molecule has 0 bridgehead atoms. The molecule has 0 radical (unpaired) electrons. The van der Waals surface area contributed by atoms with E-state index >= 15 is 0 Å². The van der Waals surface area contributed by atoms with E-state index in [4.69, 9.17) is 4.74 Å². The summed E-state index contributed by atoms with van der Waals surface area (Å²) in [4.78, 5) is 7.96. The van der Waals surface area contributed by atoms with Crippen molar-refractivity contribution in [2.24, 2.45) is 5.10 Å². The molecule has 4 rings (SSSR count). The lowest BCUT2D eigenvalue weighted by Gasteiger charge is -2.08. The van der Waals surface area contributed by atoms with Crippen LogP contribution < -0.4 is 10.2 Å². The van der Waals surface area contributed by atoms with Crippen molar-refractivity contribution in [3.63, 3.8) is 0 Å². The van der Waals surface area contributed by atoms with E-state index in [1.165, 1.54) is 23.5 Å². The van der Waals surface area contributed by atoms with Gasteiger partial charge in [-0.3, -0.25) is 5.43 Å². The number of ether oxygens (including phenoxy) is 1. The van der Waals surface area contributed by atoms with Gasteiger partial charge in [0.05, 0.1) is 11.9 Å². The number of pyridine rings is 1. The van der Waals surface area contributed by atoms with Gasteiger partial charge in [0.1, 0.15) is 11.4 Å². The molecule has 156 valence electrons. The minimum absolute atomic E-state index is 0.129. The molecule has 2 aromatic carbocycles. The standard InChI is InChI=1S/C22H15F3N4OS/c23-22(24,25)19-7-4-8-20(28-19)30-17-11-9-15(10-12-17)13-26-29-21-27-18(14-31-21)16-5-2-1-3-6-16/h1-14H,(H,27,29). The lowest BCUT2D eigenvalue weighted by Crippen LogP contribution is -2.07. The minimum atomic E-state index is -4.52. The van der Waals surface area contributed by atoms with Crippen molar-refractivity contribution in [1.29, 1.82) is 0 Å². The van der Waals surface area contributed by atoms with Crippen molar-refractivity contribution in [2.75, 3.05) is 5.43 Å². The van der Waals surface area contributed by atoms with E-state index in [2.05, 4.69) is 20.5 Å². The lowest BCUT2D eigenvalue weighted by molar-refractivity contribution is -0.141. The van der Waals surface area contributed by atoms with Crippen LogP contribution in [0, 0.1) is 0 Å². The van der Waals surface area contributed by atoms with Crippen molar-refractivity contribution in [1.82, 2.24) is 9.97 Å². The molecule has 1 N–H and O–H groups in total.